The van der Waals surface area contributed by atoms with Crippen molar-refractivity contribution in [1.29, 1.82) is 0 Å². The molecule has 42 heavy (non-hydrogen) atoms. The van der Waals surface area contributed by atoms with Gasteiger partial charge in [-0.3, -0.25) is 14.7 Å². The fourth-order valence-electron chi connectivity index (χ4n) is 4.93. The Hall–Kier alpha value is -5.38. The summed E-state index contributed by atoms with van der Waals surface area (Å²) in [5.41, 5.74) is 4.47. The monoisotopic (exact) mass is 565 g/mol. The first-order chi connectivity index (χ1) is 20.3. The first-order valence-electron chi connectivity index (χ1n) is 13.5. The van der Waals surface area contributed by atoms with Gasteiger partial charge in [-0.15, -0.1) is 0 Å². The topological polar surface area (TPSA) is 138 Å². The van der Waals surface area contributed by atoms with Gasteiger partial charge in [-0.25, -0.2) is 9.78 Å². The van der Waals surface area contributed by atoms with E-state index in [9.17, 15) is 19.5 Å². The van der Waals surface area contributed by atoms with Crippen molar-refractivity contribution in [1.82, 2.24) is 25.2 Å². The SMILES string of the molecule is COc1ccc(-c2c(CNC(=O)C(NC(=O)O)C(C)C)nc3c(-c4ccccc4)c(-c4ccccc4)[nH]n3c2=O)cc1. The highest BCUT2D eigenvalue weighted by molar-refractivity contribution is 5.91. The van der Waals surface area contributed by atoms with Gasteiger partial charge in [0.05, 0.1) is 36.2 Å². The molecular weight excluding hydrogens is 534 g/mol. The third kappa shape index (κ3) is 5.60. The second-order valence-electron chi connectivity index (χ2n) is 10.1. The van der Waals surface area contributed by atoms with E-state index in [1.165, 1.54) is 4.52 Å². The van der Waals surface area contributed by atoms with E-state index in [0.717, 1.165) is 22.4 Å². The van der Waals surface area contributed by atoms with Gasteiger partial charge in [-0.05, 0) is 29.2 Å². The van der Waals surface area contributed by atoms with Crippen molar-refractivity contribution >= 4 is 17.6 Å². The summed E-state index contributed by atoms with van der Waals surface area (Å²) in [6.07, 6.45) is -1.30. The summed E-state index contributed by atoms with van der Waals surface area (Å²) < 4.78 is 6.72. The molecule has 10 heteroatoms. The lowest BCUT2D eigenvalue weighted by molar-refractivity contribution is -0.124. The van der Waals surface area contributed by atoms with Crippen LogP contribution in [0.4, 0.5) is 4.79 Å². The maximum absolute atomic E-state index is 14.2. The molecule has 2 aromatic heterocycles. The Morgan fingerprint density at radius 2 is 1.50 bits per heavy atom. The maximum atomic E-state index is 14.2. The highest BCUT2D eigenvalue weighted by Gasteiger charge is 2.26. The number of nitrogens with one attached hydrogen (secondary N) is 3. The van der Waals surface area contributed by atoms with E-state index >= 15 is 0 Å². The number of benzene rings is 3. The number of aromatic amines is 1. The summed E-state index contributed by atoms with van der Waals surface area (Å²) in [6.45, 7) is 3.39. The lowest BCUT2D eigenvalue weighted by atomic mass is 10.0. The normalized spacial score (nSPS) is 11.8. The van der Waals surface area contributed by atoms with Gasteiger partial charge in [0.1, 0.15) is 11.8 Å². The van der Waals surface area contributed by atoms with E-state index < -0.39 is 18.0 Å². The van der Waals surface area contributed by atoms with Crippen LogP contribution in [0, 0.1) is 5.92 Å². The number of carboxylic acid groups (broad SMARTS) is 1. The smallest absolute Gasteiger partial charge is 0.405 e. The van der Waals surface area contributed by atoms with Crippen LogP contribution >= 0.6 is 0 Å². The van der Waals surface area contributed by atoms with Crippen LogP contribution in [0.15, 0.2) is 89.7 Å². The summed E-state index contributed by atoms with van der Waals surface area (Å²) in [5, 5.41) is 17.6. The first-order valence-corrected chi connectivity index (χ1v) is 13.5. The number of fused-ring (bicyclic) bond motifs is 1. The molecule has 214 valence electrons. The Morgan fingerprint density at radius 3 is 2.07 bits per heavy atom. The second-order valence-corrected chi connectivity index (χ2v) is 10.1. The highest BCUT2D eigenvalue weighted by Crippen LogP contribution is 2.35. The molecule has 4 N–H and O–H groups in total. The fraction of sp³-hybridized carbons (Fsp3) is 0.188. The van der Waals surface area contributed by atoms with Crippen molar-refractivity contribution < 1.29 is 19.4 Å². The Morgan fingerprint density at radius 1 is 0.905 bits per heavy atom. The molecule has 2 amide bonds. The molecule has 0 aliphatic heterocycles. The van der Waals surface area contributed by atoms with Crippen molar-refractivity contribution in [2.75, 3.05) is 7.11 Å². The maximum Gasteiger partial charge on any atom is 0.405 e. The zero-order valence-electron chi connectivity index (χ0n) is 23.4. The molecule has 2 heterocycles. The Balaban J connectivity index is 1.71. The lowest BCUT2D eigenvalue weighted by Crippen LogP contribution is -2.49. The van der Waals surface area contributed by atoms with Crippen molar-refractivity contribution in [3.8, 4) is 39.3 Å². The average molecular weight is 566 g/mol. The van der Waals surface area contributed by atoms with Crippen molar-refractivity contribution in [3.05, 3.63) is 101 Å². The van der Waals surface area contributed by atoms with Crippen LogP contribution in [0.25, 0.3) is 39.2 Å². The number of ether oxygens (including phenoxy) is 1. The summed E-state index contributed by atoms with van der Waals surface area (Å²) >= 11 is 0. The van der Waals surface area contributed by atoms with E-state index in [4.69, 9.17) is 9.72 Å². The van der Waals surface area contributed by atoms with E-state index in [-0.39, 0.29) is 18.0 Å². The molecule has 0 saturated heterocycles. The van der Waals surface area contributed by atoms with Crippen molar-refractivity contribution in [2.24, 2.45) is 5.92 Å². The van der Waals surface area contributed by atoms with Gasteiger partial charge in [0, 0.05) is 5.56 Å². The van der Waals surface area contributed by atoms with Crippen LogP contribution in [0.3, 0.4) is 0 Å². The minimum absolute atomic E-state index is 0.101. The van der Waals surface area contributed by atoms with Crippen LogP contribution in [-0.2, 0) is 11.3 Å². The summed E-state index contributed by atoms with van der Waals surface area (Å²) in [7, 11) is 1.56. The number of carbonyl (C=O) groups is 2. The third-order valence-corrected chi connectivity index (χ3v) is 7.02. The van der Waals surface area contributed by atoms with E-state index in [0.29, 0.717) is 28.2 Å². The lowest BCUT2D eigenvalue weighted by Gasteiger charge is -2.20. The zero-order chi connectivity index (χ0) is 29.8. The highest BCUT2D eigenvalue weighted by atomic mass is 16.5. The van der Waals surface area contributed by atoms with Crippen LogP contribution < -0.4 is 20.9 Å². The summed E-state index contributed by atoms with van der Waals surface area (Å²) in [6, 6.07) is 25.4. The molecule has 5 rings (SSSR count). The van der Waals surface area contributed by atoms with Gasteiger partial charge in [0.25, 0.3) is 5.56 Å². The van der Waals surface area contributed by atoms with Crippen LogP contribution in [-0.4, -0.2) is 44.9 Å². The molecule has 0 spiro atoms. The molecule has 0 aliphatic rings. The quantitative estimate of drug-likeness (QED) is 0.200. The van der Waals surface area contributed by atoms with Crippen molar-refractivity contribution in [2.45, 2.75) is 26.4 Å². The molecular formula is C32H31N5O5. The van der Waals surface area contributed by atoms with Gasteiger partial charge >= 0.3 is 6.09 Å². The fourth-order valence-corrected chi connectivity index (χ4v) is 4.93. The number of rotatable bonds is 9. The number of hydrogen-bond donors (Lipinski definition) is 4. The van der Waals surface area contributed by atoms with Gasteiger partial charge in [-0.2, -0.15) is 4.52 Å². The average Bonchev–Trinajstić information content (AvgIpc) is 3.39. The first kappa shape index (κ1) is 28.2. The summed E-state index contributed by atoms with van der Waals surface area (Å²) in [4.78, 5) is 43.6. The van der Waals surface area contributed by atoms with Gasteiger partial charge < -0.3 is 20.5 Å². The van der Waals surface area contributed by atoms with Gasteiger partial charge in [0.2, 0.25) is 5.91 Å². The molecule has 0 radical (unpaired) electrons. The zero-order valence-corrected chi connectivity index (χ0v) is 23.4. The molecule has 10 nitrogen and oxygen atoms in total. The Labute approximate surface area is 242 Å². The predicted octanol–water partition coefficient (Wildman–Crippen LogP) is 4.94. The standard InChI is InChI=1S/C32H31N5O5/c1-19(2)27(35-32(40)41)30(38)33-18-24-25(21-14-16-23(42-3)17-15-21)31(39)37-29(34-24)26(20-10-6-4-7-11-20)28(36-37)22-12-8-5-9-13-22/h4-17,19,27,35-36H,18H2,1-3H3,(H,33,38)(H,40,41). The molecule has 1 unspecified atom stereocenters. The number of aromatic nitrogens is 3. The number of methoxy groups -OCH3 is 1. The predicted molar refractivity (Wildman–Crippen MR) is 160 cm³/mol. The van der Waals surface area contributed by atoms with Crippen LogP contribution in [0.2, 0.25) is 0 Å². The van der Waals surface area contributed by atoms with E-state index in [1.807, 2.05) is 60.7 Å². The van der Waals surface area contributed by atoms with Crippen LogP contribution in [0.1, 0.15) is 19.5 Å². The molecule has 1 atom stereocenters. The number of carbonyl (C=O) groups excluding carboxylic acids is 1. The third-order valence-electron chi connectivity index (χ3n) is 7.02. The Bertz CT molecular complexity index is 1780. The second kappa shape index (κ2) is 12.0. The van der Waals surface area contributed by atoms with E-state index in [1.54, 1.807) is 45.2 Å². The van der Waals surface area contributed by atoms with Gasteiger partial charge in [-0.1, -0.05) is 86.6 Å². The number of H-pyrrole nitrogens is 1. The molecule has 5 aromatic rings. The Kier molecular flexibility index (Phi) is 8.05. The molecule has 0 bridgehead atoms. The number of amides is 2. The largest absolute Gasteiger partial charge is 0.497 e. The minimum Gasteiger partial charge on any atom is -0.497 e. The summed E-state index contributed by atoms with van der Waals surface area (Å²) in [5.74, 6) is -0.191. The van der Waals surface area contributed by atoms with Gasteiger partial charge in [0.15, 0.2) is 5.65 Å². The minimum atomic E-state index is -1.30. The number of hydrogen-bond acceptors (Lipinski definition) is 5. The molecule has 0 fully saturated rings. The van der Waals surface area contributed by atoms with E-state index in [2.05, 4.69) is 15.7 Å². The van der Waals surface area contributed by atoms with Crippen molar-refractivity contribution in [3.63, 3.8) is 0 Å². The molecule has 3 aromatic carbocycles. The number of nitrogens with zero attached hydrogens (tertiary/aromatic N) is 2. The van der Waals surface area contributed by atoms with Crippen LogP contribution in [0.5, 0.6) is 5.75 Å². The molecule has 0 saturated carbocycles. The molecule has 0 aliphatic carbocycles.